The number of hydrogen-bond acceptors (Lipinski definition) is 4. The van der Waals surface area contributed by atoms with Crippen LogP contribution in [0.5, 0.6) is 0 Å². The van der Waals surface area contributed by atoms with Crippen LogP contribution in [0.3, 0.4) is 0 Å². The maximum atomic E-state index is 12.1. The summed E-state index contributed by atoms with van der Waals surface area (Å²) < 4.78 is 27.4. The Morgan fingerprint density at radius 2 is 1.86 bits per heavy atom. The molecule has 0 aliphatic rings. The van der Waals surface area contributed by atoms with Crippen LogP contribution in [-0.4, -0.2) is 18.0 Å². The topological polar surface area (TPSA) is 101 Å². The van der Waals surface area contributed by atoms with E-state index in [-0.39, 0.29) is 17.3 Å². The van der Waals surface area contributed by atoms with Gasteiger partial charge in [-0.3, -0.25) is 19.1 Å². The molecule has 0 aliphatic carbocycles. The summed E-state index contributed by atoms with van der Waals surface area (Å²) in [6.07, 6.45) is 0.623. The molecule has 0 aliphatic heterocycles. The molecule has 2 rings (SSSR count). The summed E-state index contributed by atoms with van der Waals surface area (Å²) in [5.74, 6) is -0.152. The Kier molecular flexibility index (Phi) is 4.27. The quantitative estimate of drug-likeness (QED) is 0.851. The van der Waals surface area contributed by atoms with Gasteiger partial charge >= 0.3 is 5.69 Å². The van der Waals surface area contributed by atoms with Crippen LogP contribution in [0.4, 0.5) is 5.82 Å². The molecule has 8 heteroatoms. The van der Waals surface area contributed by atoms with Crippen molar-refractivity contribution in [3.63, 3.8) is 0 Å². The third-order valence-corrected chi connectivity index (χ3v) is 4.15. The number of aromatic nitrogens is 2. The molecule has 1 aromatic heterocycles. The molecule has 0 spiro atoms. The van der Waals surface area contributed by atoms with Gasteiger partial charge in [0.15, 0.2) is 0 Å². The Labute approximate surface area is 121 Å². The molecular formula is C13H15N3O4S. The zero-order valence-electron chi connectivity index (χ0n) is 11.4. The lowest BCUT2D eigenvalue weighted by Crippen LogP contribution is -2.35. The van der Waals surface area contributed by atoms with E-state index in [2.05, 4.69) is 9.71 Å². The van der Waals surface area contributed by atoms with Crippen molar-refractivity contribution in [2.45, 2.75) is 24.8 Å². The highest BCUT2D eigenvalue weighted by molar-refractivity contribution is 7.92. The SMILES string of the molecule is CCCn1c(=O)cc(NS(=O)(=O)c2ccccc2)[nH]c1=O. The van der Waals surface area contributed by atoms with Crippen LogP contribution >= 0.6 is 0 Å². The van der Waals surface area contributed by atoms with E-state index in [0.717, 1.165) is 10.6 Å². The van der Waals surface area contributed by atoms with E-state index in [1.807, 2.05) is 6.92 Å². The number of rotatable bonds is 5. The fraction of sp³-hybridized carbons (Fsp3) is 0.231. The first-order valence-electron chi connectivity index (χ1n) is 6.36. The molecule has 0 amide bonds. The van der Waals surface area contributed by atoms with Gasteiger partial charge in [-0.15, -0.1) is 0 Å². The zero-order valence-corrected chi connectivity index (χ0v) is 12.2. The van der Waals surface area contributed by atoms with E-state index in [1.165, 1.54) is 12.1 Å². The second kappa shape index (κ2) is 5.96. The molecule has 0 unspecified atom stereocenters. The average Bonchev–Trinajstić information content (AvgIpc) is 2.43. The van der Waals surface area contributed by atoms with Gasteiger partial charge in [-0.05, 0) is 18.6 Å². The molecule has 2 N–H and O–H groups in total. The van der Waals surface area contributed by atoms with Gasteiger partial charge in [0, 0.05) is 12.6 Å². The first-order chi connectivity index (χ1) is 9.94. The van der Waals surface area contributed by atoms with Crippen molar-refractivity contribution >= 4 is 15.8 Å². The van der Waals surface area contributed by atoms with Crippen LogP contribution in [0.25, 0.3) is 0 Å². The Bertz CT molecular complexity index is 806. The number of aromatic amines is 1. The first-order valence-corrected chi connectivity index (χ1v) is 7.84. The Hall–Kier alpha value is -2.35. The number of nitrogens with zero attached hydrogens (tertiary/aromatic N) is 1. The minimum Gasteiger partial charge on any atom is -0.293 e. The minimum absolute atomic E-state index is 0.0450. The largest absolute Gasteiger partial charge is 0.329 e. The van der Waals surface area contributed by atoms with Crippen molar-refractivity contribution in [2.75, 3.05) is 4.72 Å². The highest BCUT2D eigenvalue weighted by Crippen LogP contribution is 2.11. The number of nitrogens with one attached hydrogen (secondary N) is 2. The summed E-state index contributed by atoms with van der Waals surface area (Å²) in [7, 11) is -3.84. The molecule has 1 aromatic carbocycles. The van der Waals surface area contributed by atoms with Gasteiger partial charge in [0.1, 0.15) is 5.82 Å². The van der Waals surface area contributed by atoms with E-state index in [1.54, 1.807) is 18.2 Å². The molecule has 0 radical (unpaired) electrons. The van der Waals surface area contributed by atoms with Gasteiger partial charge in [0.25, 0.3) is 15.6 Å². The summed E-state index contributed by atoms with van der Waals surface area (Å²) in [5.41, 5.74) is -1.19. The maximum absolute atomic E-state index is 12.1. The van der Waals surface area contributed by atoms with Crippen LogP contribution in [0, 0.1) is 0 Å². The van der Waals surface area contributed by atoms with Crippen LogP contribution in [0.15, 0.2) is 50.9 Å². The van der Waals surface area contributed by atoms with Gasteiger partial charge < -0.3 is 0 Å². The van der Waals surface area contributed by atoms with Gasteiger partial charge in [0.2, 0.25) is 0 Å². The van der Waals surface area contributed by atoms with Crippen LogP contribution in [0.2, 0.25) is 0 Å². The average molecular weight is 309 g/mol. The van der Waals surface area contributed by atoms with Crippen LogP contribution in [-0.2, 0) is 16.6 Å². The number of sulfonamides is 1. The Morgan fingerprint density at radius 3 is 2.43 bits per heavy atom. The predicted octanol–water partition coefficient (Wildman–Crippen LogP) is 0.747. The Morgan fingerprint density at radius 1 is 1.19 bits per heavy atom. The zero-order chi connectivity index (χ0) is 15.5. The molecule has 1 heterocycles. The number of benzene rings is 1. The number of anilines is 1. The van der Waals surface area contributed by atoms with E-state index >= 15 is 0 Å². The minimum atomic E-state index is -3.84. The summed E-state index contributed by atoms with van der Waals surface area (Å²) in [6.45, 7) is 2.11. The standard InChI is InChI=1S/C13H15N3O4S/c1-2-8-16-12(17)9-11(14-13(16)18)15-21(19,20)10-6-4-3-5-7-10/h3-7,9,15H,2,8H2,1H3,(H,14,18). The normalized spacial score (nSPS) is 11.3. The van der Waals surface area contributed by atoms with E-state index in [9.17, 15) is 18.0 Å². The highest BCUT2D eigenvalue weighted by Gasteiger charge is 2.15. The lowest BCUT2D eigenvalue weighted by molar-refractivity contribution is 0.599. The molecule has 2 aromatic rings. The highest BCUT2D eigenvalue weighted by atomic mass is 32.2. The third kappa shape index (κ3) is 3.40. The smallest absolute Gasteiger partial charge is 0.293 e. The second-order valence-electron chi connectivity index (χ2n) is 4.40. The summed E-state index contributed by atoms with van der Waals surface area (Å²) >= 11 is 0. The predicted molar refractivity (Wildman–Crippen MR) is 78.9 cm³/mol. The van der Waals surface area contributed by atoms with Gasteiger partial charge in [-0.1, -0.05) is 25.1 Å². The van der Waals surface area contributed by atoms with Crippen LogP contribution in [0.1, 0.15) is 13.3 Å². The lowest BCUT2D eigenvalue weighted by Gasteiger charge is -2.08. The number of H-pyrrole nitrogens is 1. The van der Waals surface area contributed by atoms with E-state index in [4.69, 9.17) is 0 Å². The van der Waals surface area contributed by atoms with Crippen molar-refractivity contribution in [1.29, 1.82) is 0 Å². The third-order valence-electron chi connectivity index (χ3n) is 2.77. The maximum Gasteiger partial charge on any atom is 0.329 e. The number of hydrogen-bond donors (Lipinski definition) is 2. The van der Waals surface area contributed by atoms with E-state index in [0.29, 0.717) is 6.42 Å². The van der Waals surface area contributed by atoms with Crippen molar-refractivity contribution in [3.8, 4) is 0 Å². The van der Waals surface area contributed by atoms with Gasteiger partial charge in [-0.25, -0.2) is 13.2 Å². The summed E-state index contributed by atoms with van der Waals surface area (Å²) in [6, 6.07) is 8.73. The lowest BCUT2D eigenvalue weighted by atomic mass is 10.4. The summed E-state index contributed by atoms with van der Waals surface area (Å²) in [4.78, 5) is 25.9. The van der Waals surface area contributed by atoms with E-state index < -0.39 is 21.3 Å². The van der Waals surface area contributed by atoms with Crippen molar-refractivity contribution in [2.24, 2.45) is 0 Å². The molecule has 0 bridgehead atoms. The van der Waals surface area contributed by atoms with Gasteiger partial charge in [0.05, 0.1) is 4.90 Å². The van der Waals surface area contributed by atoms with Crippen molar-refractivity contribution in [1.82, 2.24) is 9.55 Å². The van der Waals surface area contributed by atoms with Gasteiger partial charge in [-0.2, -0.15) is 0 Å². The molecule has 0 saturated heterocycles. The first kappa shape index (κ1) is 15.0. The second-order valence-corrected chi connectivity index (χ2v) is 6.08. The Balaban J connectivity index is 2.37. The molecule has 7 nitrogen and oxygen atoms in total. The molecule has 0 saturated carbocycles. The summed E-state index contributed by atoms with van der Waals surface area (Å²) in [5, 5.41) is 0. The fourth-order valence-electron chi connectivity index (χ4n) is 1.81. The molecular weight excluding hydrogens is 294 g/mol. The molecule has 0 atom stereocenters. The molecule has 21 heavy (non-hydrogen) atoms. The fourth-order valence-corrected chi connectivity index (χ4v) is 2.85. The molecule has 0 fully saturated rings. The van der Waals surface area contributed by atoms with Crippen LogP contribution < -0.4 is 16.0 Å². The molecule has 112 valence electrons. The van der Waals surface area contributed by atoms with Crippen molar-refractivity contribution in [3.05, 3.63) is 57.2 Å². The van der Waals surface area contributed by atoms with Crippen molar-refractivity contribution < 1.29 is 8.42 Å². The monoisotopic (exact) mass is 309 g/mol.